The molecule has 1 atom stereocenters. The van der Waals surface area contributed by atoms with E-state index in [2.05, 4.69) is 20.6 Å². The Bertz CT molecular complexity index is 479. The molecule has 3 N–H and O–H groups in total. The number of aromatic amines is 1. The van der Waals surface area contributed by atoms with Crippen LogP contribution in [0, 0.1) is 0 Å². The zero-order valence-corrected chi connectivity index (χ0v) is 12.3. The van der Waals surface area contributed by atoms with Crippen LogP contribution in [0.3, 0.4) is 0 Å². The molecule has 0 bridgehead atoms. The second kappa shape index (κ2) is 7.41. The summed E-state index contributed by atoms with van der Waals surface area (Å²) in [5.74, 6) is -0.470. The maximum absolute atomic E-state index is 12.0. The number of hydrogen-bond donors (Lipinski definition) is 3. The fourth-order valence-electron chi connectivity index (χ4n) is 1.54. The monoisotopic (exact) mass is 296 g/mol. The first-order chi connectivity index (χ1) is 9.81. The van der Waals surface area contributed by atoms with Crippen molar-refractivity contribution in [3.8, 4) is 0 Å². The Morgan fingerprint density at radius 3 is 2.71 bits per heavy atom. The summed E-state index contributed by atoms with van der Waals surface area (Å²) in [6.45, 7) is 5.06. The van der Waals surface area contributed by atoms with E-state index in [1.807, 2.05) is 0 Å². The maximum atomic E-state index is 12.0. The number of H-pyrrole nitrogens is 1. The molecule has 0 saturated heterocycles. The highest BCUT2D eigenvalue weighted by molar-refractivity contribution is 5.87. The second-order valence-corrected chi connectivity index (χ2v) is 5.39. The van der Waals surface area contributed by atoms with Crippen LogP contribution in [0.15, 0.2) is 12.5 Å². The lowest BCUT2D eigenvalue weighted by molar-refractivity contribution is -0.124. The first kappa shape index (κ1) is 16.7. The van der Waals surface area contributed by atoms with E-state index in [4.69, 9.17) is 4.74 Å². The number of carbonyl (C=O) groups is 3. The predicted molar refractivity (Wildman–Crippen MR) is 74.5 cm³/mol. The van der Waals surface area contributed by atoms with Gasteiger partial charge in [-0.15, -0.1) is 0 Å². The van der Waals surface area contributed by atoms with Crippen LogP contribution in [0.25, 0.3) is 0 Å². The molecule has 0 aliphatic carbocycles. The van der Waals surface area contributed by atoms with Gasteiger partial charge in [-0.05, 0) is 20.8 Å². The Balaban J connectivity index is 2.69. The minimum absolute atomic E-state index is 0.117. The average Bonchev–Trinajstić information content (AvgIpc) is 2.85. The summed E-state index contributed by atoms with van der Waals surface area (Å²) in [5, 5.41) is 4.89. The number of aldehydes is 1. The molecule has 0 spiro atoms. The van der Waals surface area contributed by atoms with Crippen molar-refractivity contribution < 1.29 is 19.1 Å². The Hall–Kier alpha value is -2.38. The van der Waals surface area contributed by atoms with E-state index in [0.29, 0.717) is 12.0 Å². The van der Waals surface area contributed by atoms with Gasteiger partial charge in [-0.3, -0.25) is 4.79 Å². The summed E-state index contributed by atoms with van der Waals surface area (Å²) < 4.78 is 5.12. The fraction of sp³-hybridized carbons (Fsp3) is 0.538. The van der Waals surface area contributed by atoms with E-state index in [1.165, 1.54) is 6.33 Å². The number of alkyl carbamates (subject to hydrolysis) is 1. The number of hydrogen-bond acceptors (Lipinski definition) is 5. The number of carbonyl (C=O) groups excluding carboxylic acids is 3. The van der Waals surface area contributed by atoms with Gasteiger partial charge in [0.15, 0.2) is 0 Å². The molecule has 1 aromatic heterocycles. The highest BCUT2D eigenvalue weighted by Gasteiger charge is 2.24. The smallest absolute Gasteiger partial charge is 0.408 e. The van der Waals surface area contributed by atoms with E-state index in [1.54, 1.807) is 27.0 Å². The van der Waals surface area contributed by atoms with Crippen LogP contribution in [0.1, 0.15) is 26.5 Å². The molecule has 0 radical (unpaired) electrons. The van der Waals surface area contributed by atoms with Crippen LogP contribution in [0.4, 0.5) is 4.79 Å². The normalized spacial score (nSPS) is 12.3. The van der Waals surface area contributed by atoms with Gasteiger partial charge >= 0.3 is 6.09 Å². The quantitative estimate of drug-likeness (QED) is 0.647. The van der Waals surface area contributed by atoms with Gasteiger partial charge in [0.25, 0.3) is 0 Å². The lowest BCUT2D eigenvalue weighted by atomic mass is 10.1. The average molecular weight is 296 g/mol. The van der Waals surface area contributed by atoms with Crippen LogP contribution in [-0.4, -0.2) is 46.4 Å². The van der Waals surface area contributed by atoms with Crippen LogP contribution in [0.5, 0.6) is 0 Å². The molecule has 0 aliphatic heterocycles. The topological polar surface area (TPSA) is 113 Å². The van der Waals surface area contributed by atoms with Crippen LogP contribution in [-0.2, 0) is 20.7 Å². The first-order valence-electron chi connectivity index (χ1n) is 6.50. The molecular formula is C13H20N4O4. The van der Waals surface area contributed by atoms with Crippen LogP contribution < -0.4 is 10.6 Å². The van der Waals surface area contributed by atoms with Crippen LogP contribution >= 0.6 is 0 Å². The third-order valence-corrected chi connectivity index (χ3v) is 2.35. The van der Waals surface area contributed by atoms with Gasteiger partial charge in [0.2, 0.25) is 5.91 Å². The molecule has 116 valence electrons. The Kier molecular flexibility index (Phi) is 5.89. The third kappa shape index (κ3) is 6.55. The standard InChI is InChI=1S/C13H20N4O4/c1-13(2,3)21-12(20)17-10(11(19)15-4-5-18)6-9-7-14-8-16-9/h5,7-8,10H,4,6H2,1-3H3,(H,14,16)(H,15,19)(H,17,20)/t10-/m0/s1. The van der Waals surface area contributed by atoms with Gasteiger partial charge in [0.1, 0.15) is 17.9 Å². The summed E-state index contributed by atoms with van der Waals surface area (Å²) in [7, 11) is 0. The summed E-state index contributed by atoms with van der Waals surface area (Å²) in [6, 6.07) is -0.861. The lowest BCUT2D eigenvalue weighted by Crippen LogP contribution is -2.49. The fourth-order valence-corrected chi connectivity index (χ4v) is 1.54. The molecule has 1 rings (SSSR count). The molecule has 21 heavy (non-hydrogen) atoms. The molecule has 8 nitrogen and oxygen atoms in total. The minimum Gasteiger partial charge on any atom is -0.444 e. The molecule has 0 saturated carbocycles. The Morgan fingerprint density at radius 2 is 2.19 bits per heavy atom. The summed E-state index contributed by atoms with van der Waals surface area (Å²) in [6.07, 6.45) is 3.11. The van der Waals surface area contributed by atoms with E-state index >= 15 is 0 Å². The zero-order valence-electron chi connectivity index (χ0n) is 12.3. The van der Waals surface area contributed by atoms with Crippen molar-refractivity contribution >= 4 is 18.3 Å². The van der Waals surface area contributed by atoms with Crippen molar-refractivity contribution in [1.29, 1.82) is 0 Å². The number of imidazole rings is 1. The van der Waals surface area contributed by atoms with Gasteiger partial charge in [0, 0.05) is 18.3 Å². The number of amides is 2. The summed E-state index contributed by atoms with van der Waals surface area (Å²) in [4.78, 5) is 40.7. The van der Waals surface area contributed by atoms with Crippen LogP contribution in [0.2, 0.25) is 0 Å². The Morgan fingerprint density at radius 1 is 1.48 bits per heavy atom. The van der Waals surface area contributed by atoms with Gasteiger partial charge in [-0.2, -0.15) is 0 Å². The zero-order chi connectivity index (χ0) is 15.9. The summed E-state index contributed by atoms with van der Waals surface area (Å²) in [5.41, 5.74) is 0.0133. The van der Waals surface area contributed by atoms with Crippen molar-refractivity contribution in [2.24, 2.45) is 0 Å². The van der Waals surface area contributed by atoms with E-state index in [-0.39, 0.29) is 13.0 Å². The SMILES string of the molecule is CC(C)(C)OC(=O)N[C@@H](Cc1cnc[nH]1)C(=O)NCC=O. The van der Waals surface area contributed by atoms with Crippen molar-refractivity contribution in [1.82, 2.24) is 20.6 Å². The Labute approximate surface area is 122 Å². The predicted octanol–water partition coefficient (Wildman–Crippen LogP) is 0.161. The number of aromatic nitrogens is 2. The molecule has 0 aromatic carbocycles. The maximum Gasteiger partial charge on any atom is 0.408 e. The molecule has 8 heteroatoms. The molecule has 0 unspecified atom stereocenters. The van der Waals surface area contributed by atoms with Gasteiger partial charge < -0.3 is 25.1 Å². The first-order valence-corrected chi connectivity index (χ1v) is 6.50. The van der Waals surface area contributed by atoms with Gasteiger partial charge in [-0.1, -0.05) is 0 Å². The number of nitrogens with one attached hydrogen (secondary N) is 3. The van der Waals surface area contributed by atoms with Gasteiger partial charge in [-0.25, -0.2) is 9.78 Å². The highest BCUT2D eigenvalue weighted by atomic mass is 16.6. The highest BCUT2D eigenvalue weighted by Crippen LogP contribution is 2.07. The number of rotatable bonds is 6. The second-order valence-electron chi connectivity index (χ2n) is 5.39. The van der Waals surface area contributed by atoms with E-state index < -0.39 is 23.6 Å². The molecule has 1 aromatic rings. The molecular weight excluding hydrogens is 276 g/mol. The van der Waals surface area contributed by atoms with Crippen molar-refractivity contribution in [3.63, 3.8) is 0 Å². The van der Waals surface area contributed by atoms with E-state index in [0.717, 1.165) is 0 Å². The number of ether oxygens (including phenoxy) is 1. The molecule has 0 aliphatic rings. The summed E-state index contributed by atoms with van der Waals surface area (Å²) >= 11 is 0. The largest absolute Gasteiger partial charge is 0.444 e. The van der Waals surface area contributed by atoms with Crippen molar-refractivity contribution in [2.45, 2.75) is 38.8 Å². The van der Waals surface area contributed by atoms with Crippen molar-refractivity contribution in [2.75, 3.05) is 6.54 Å². The number of nitrogens with zero attached hydrogens (tertiary/aromatic N) is 1. The third-order valence-electron chi connectivity index (χ3n) is 2.35. The van der Waals surface area contributed by atoms with E-state index in [9.17, 15) is 14.4 Å². The lowest BCUT2D eigenvalue weighted by Gasteiger charge is -2.23. The van der Waals surface area contributed by atoms with Crippen molar-refractivity contribution in [3.05, 3.63) is 18.2 Å². The molecule has 1 heterocycles. The molecule has 0 fully saturated rings. The minimum atomic E-state index is -0.861. The van der Waals surface area contributed by atoms with Gasteiger partial charge in [0.05, 0.1) is 12.9 Å². The molecule has 2 amide bonds.